The summed E-state index contributed by atoms with van der Waals surface area (Å²) in [7, 11) is 0. The third kappa shape index (κ3) is 3.46. The van der Waals surface area contributed by atoms with Crippen LogP contribution in [0.4, 0.5) is 10.8 Å². The smallest absolute Gasteiger partial charge is 0.337 e. The maximum absolute atomic E-state index is 11.8. The maximum atomic E-state index is 11.8. The zero-order valence-electron chi connectivity index (χ0n) is 10.1. The Labute approximate surface area is 123 Å². The molecule has 0 saturated heterocycles. The molecule has 0 aliphatic rings. The highest BCUT2D eigenvalue weighted by Gasteiger charge is 2.11. The van der Waals surface area contributed by atoms with Gasteiger partial charge in [0.15, 0.2) is 5.13 Å². The number of rotatable bonds is 4. The van der Waals surface area contributed by atoms with Gasteiger partial charge in [0.2, 0.25) is 5.91 Å². The van der Waals surface area contributed by atoms with E-state index in [2.05, 4.69) is 10.3 Å². The Balaban J connectivity index is 2.04. The molecule has 2 rings (SSSR count). The van der Waals surface area contributed by atoms with Gasteiger partial charge in [-0.1, -0.05) is 11.6 Å². The Kier molecular flexibility index (Phi) is 4.21. The molecule has 0 atom stereocenters. The Bertz CT molecular complexity index is 672. The van der Waals surface area contributed by atoms with E-state index in [0.717, 1.165) is 0 Å². The number of nitrogens with one attached hydrogen (secondary N) is 1. The van der Waals surface area contributed by atoms with Crippen LogP contribution in [0, 0.1) is 0 Å². The predicted octanol–water partition coefficient (Wildman–Crippen LogP) is 2.26. The number of nitrogens with zero attached hydrogens (tertiary/aromatic N) is 1. The highest BCUT2D eigenvalue weighted by Crippen LogP contribution is 2.21. The van der Waals surface area contributed by atoms with Crippen LogP contribution < -0.4 is 11.1 Å². The second-order valence-corrected chi connectivity index (χ2v) is 5.20. The van der Waals surface area contributed by atoms with Crippen molar-refractivity contribution >= 4 is 45.6 Å². The van der Waals surface area contributed by atoms with Crippen molar-refractivity contribution in [2.45, 2.75) is 6.42 Å². The minimum atomic E-state index is -1.12. The number of amides is 1. The van der Waals surface area contributed by atoms with Crippen LogP contribution in [-0.4, -0.2) is 22.0 Å². The molecule has 0 aliphatic heterocycles. The molecule has 6 nitrogen and oxygen atoms in total. The molecule has 0 radical (unpaired) electrons. The molecule has 1 heterocycles. The third-order valence-corrected chi connectivity index (χ3v) is 3.43. The topological polar surface area (TPSA) is 105 Å². The number of carbonyl (C=O) groups is 2. The van der Waals surface area contributed by atoms with E-state index in [1.165, 1.54) is 29.5 Å². The van der Waals surface area contributed by atoms with Crippen molar-refractivity contribution in [3.8, 4) is 0 Å². The molecule has 0 aliphatic carbocycles. The first-order valence-electron chi connectivity index (χ1n) is 5.48. The minimum absolute atomic E-state index is 0.0167. The number of nitrogen functional groups attached to an aromatic ring is 1. The third-order valence-electron chi connectivity index (χ3n) is 2.39. The van der Waals surface area contributed by atoms with Crippen LogP contribution in [0.25, 0.3) is 0 Å². The lowest BCUT2D eigenvalue weighted by Crippen LogP contribution is -2.14. The van der Waals surface area contributed by atoms with E-state index in [9.17, 15) is 9.59 Å². The second-order valence-electron chi connectivity index (χ2n) is 3.90. The van der Waals surface area contributed by atoms with E-state index in [-0.39, 0.29) is 22.9 Å². The standard InChI is InChI=1S/C12H10ClN3O3S/c13-9-3-6(1-2-8(9)11(18)19)15-10(17)4-7-5-20-12(14)16-7/h1-3,5H,4H2,(H2,14,16)(H,15,17)(H,18,19). The predicted molar refractivity (Wildman–Crippen MR) is 77.3 cm³/mol. The lowest BCUT2D eigenvalue weighted by atomic mass is 10.2. The van der Waals surface area contributed by atoms with Crippen LogP contribution in [0.5, 0.6) is 0 Å². The monoisotopic (exact) mass is 311 g/mol. The molecule has 0 spiro atoms. The summed E-state index contributed by atoms with van der Waals surface area (Å²) in [5.74, 6) is -1.40. The first-order chi connectivity index (χ1) is 9.45. The molecular formula is C12H10ClN3O3S. The lowest BCUT2D eigenvalue weighted by Gasteiger charge is -2.06. The molecule has 1 aromatic heterocycles. The SMILES string of the molecule is Nc1nc(CC(=O)Nc2ccc(C(=O)O)c(Cl)c2)cs1. The Morgan fingerprint density at radius 1 is 1.45 bits per heavy atom. The molecule has 20 heavy (non-hydrogen) atoms. The summed E-state index contributed by atoms with van der Waals surface area (Å²) in [6, 6.07) is 4.20. The number of carbonyl (C=O) groups excluding carboxylic acids is 1. The largest absolute Gasteiger partial charge is 0.478 e. The number of aromatic nitrogens is 1. The van der Waals surface area contributed by atoms with Gasteiger partial charge in [0, 0.05) is 11.1 Å². The molecule has 2 aromatic rings. The van der Waals surface area contributed by atoms with Gasteiger partial charge >= 0.3 is 5.97 Å². The van der Waals surface area contributed by atoms with Gasteiger partial charge in [-0.15, -0.1) is 11.3 Å². The van der Waals surface area contributed by atoms with Crippen LogP contribution in [-0.2, 0) is 11.2 Å². The number of hydrogen-bond donors (Lipinski definition) is 3. The van der Waals surface area contributed by atoms with Crippen molar-refractivity contribution in [3.63, 3.8) is 0 Å². The van der Waals surface area contributed by atoms with Crippen LogP contribution in [0.2, 0.25) is 5.02 Å². The number of anilines is 2. The molecular weight excluding hydrogens is 302 g/mol. The lowest BCUT2D eigenvalue weighted by molar-refractivity contribution is -0.115. The summed E-state index contributed by atoms with van der Waals surface area (Å²) in [5, 5.41) is 13.6. The Hall–Kier alpha value is -2.12. The number of carboxylic acids is 1. The Morgan fingerprint density at radius 3 is 2.75 bits per heavy atom. The van der Waals surface area contributed by atoms with Crippen molar-refractivity contribution in [3.05, 3.63) is 39.9 Å². The molecule has 8 heteroatoms. The van der Waals surface area contributed by atoms with E-state index >= 15 is 0 Å². The summed E-state index contributed by atoms with van der Waals surface area (Å²) in [6.07, 6.45) is 0.0893. The van der Waals surface area contributed by atoms with Crippen molar-refractivity contribution < 1.29 is 14.7 Å². The van der Waals surface area contributed by atoms with Gasteiger partial charge in [0.1, 0.15) is 0 Å². The van der Waals surface area contributed by atoms with E-state index < -0.39 is 5.97 Å². The summed E-state index contributed by atoms with van der Waals surface area (Å²) < 4.78 is 0. The molecule has 104 valence electrons. The zero-order valence-corrected chi connectivity index (χ0v) is 11.7. The molecule has 0 unspecified atom stereocenters. The molecule has 0 saturated carbocycles. The average Bonchev–Trinajstić information content (AvgIpc) is 2.74. The average molecular weight is 312 g/mol. The first-order valence-corrected chi connectivity index (χ1v) is 6.74. The molecule has 1 aromatic carbocycles. The van der Waals surface area contributed by atoms with Crippen LogP contribution >= 0.6 is 22.9 Å². The highest BCUT2D eigenvalue weighted by atomic mass is 35.5. The summed E-state index contributed by atoms with van der Waals surface area (Å²) >= 11 is 7.07. The van der Waals surface area contributed by atoms with Crippen LogP contribution in [0.15, 0.2) is 23.6 Å². The van der Waals surface area contributed by atoms with E-state index in [4.69, 9.17) is 22.4 Å². The number of nitrogens with two attached hydrogens (primary N) is 1. The number of aromatic carboxylic acids is 1. The number of hydrogen-bond acceptors (Lipinski definition) is 5. The first kappa shape index (κ1) is 14.3. The van der Waals surface area contributed by atoms with Gasteiger partial charge in [0.05, 0.1) is 22.7 Å². The summed E-state index contributed by atoms with van der Waals surface area (Å²) in [5.41, 5.74) is 6.46. The van der Waals surface area contributed by atoms with Gasteiger partial charge in [-0.3, -0.25) is 4.79 Å². The number of thiazole rings is 1. The van der Waals surface area contributed by atoms with Crippen LogP contribution in [0.1, 0.15) is 16.1 Å². The second kappa shape index (κ2) is 5.89. The fourth-order valence-corrected chi connectivity index (χ4v) is 2.36. The summed E-state index contributed by atoms with van der Waals surface area (Å²) in [4.78, 5) is 26.6. The van der Waals surface area contributed by atoms with E-state index in [1.54, 1.807) is 5.38 Å². The van der Waals surface area contributed by atoms with Crippen molar-refractivity contribution in [1.29, 1.82) is 0 Å². The van der Waals surface area contributed by atoms with Gasteiger partial charge in [-0.25, -0.2) is 9.78 Å². The molecule has 0 bridgehead atoms. The fourth-order valence-electron chi connectivity index (χ4n) is 1.54. The number of carboxylic acid groups (broad SMARTS) is 1. The van der Waals surface area contributed by atoms with Crippen molar-refractivity contribution in [2.24, 2.45) is 0 Å². The quantitative estimate of drug-likeness (QED) is 0.803. The van der Waals surface area contributed by atoms with Crippen LogP contribution in [0.3, 0.4) is 0 Å². The van der Waals surface area contributed by atoms with Gasteiger partial charge < -0.3 is 16.2 Å². The van der Waals surface area contributed by atoms with E-state index in [0.29, 0.717) is 16.5 Å². The fraction of sp³-hybridized carbons (Fsp3) is 0.0833. The number of benzene rings is 1. The number of halogens is 1. The van der Waals surface area contributed by atoms with Gasteiger partial charge in [0.25, 0.3) is 0 Å². The van der Waals surface area contributed by atoms with Gasteiger partial charge in [-0.05, 0) is 18.2 Å². The maximum Gasteiger partial charge on any atom is 0.337 e. The minimum Gasteiger partial charge on any atom is -0.478 e. The highest BCUT2D eigenvalue weighted by molar-refractivity contribution is 7.13. The van der Waals surface area contributed by atoms with Crippen molar-refractivity contribution in [2.75, 3.05) is 11.1 Å². The van der Waals surface area contributed by atoms with Crippen molar-refractivity contribution in [1.82, 2.24) is 4.98 Å². The van der Waals surface area contributed by atoms with Gasteiger partial charge in [-0.2, -0.15) is 0 Å². The van der Waals surface area contributed by atoms with E-state index in [1.807, 2.05) is 0 Å². The molecule has 1 amide bonds. The molecule has 0 fully saturated rings. The molecule has 4 N–H and O–H groups in total. The Morgan fingerprint density at radius 2 is 2.20 bits per heavy atom. The normalized spacial score (nSPS) is 10.2. The zero-order chi connectivity index (χ0) is 14.7. The summed E-state index contributed by atoms with van der Waals surface area (Å²) in [6.45, 7) is 0.